The van der Waals surface area contributed by atoms with Crippen molar-refractivity contribution in [2.75, 3.05) is 19.6 Å². The highest BCUT2D eigenvalue weighted by molar-refractivity contribution is 5.78. The largest absolute Gasteiger partial charge is 0.340 e. The molecule has 2 fully saturated rings. The number of hydrogen-bond acceptors (Lipinski definition) is 3. The summed E-state index contributed by atoms with van der Waals surface area (Å²) in [5.74, 6) is 0.271. The molecule has 0 radical (unpaired) electrons. The fourth-order valence-corrected chi connectivity index (χ4v) is 4.01. The van der Waals surface area contributed by atoms with Gasteiger partial charge in [-0.2, -0.15) is 5.10 Å². The molecule has 1 aromatic heterocycles. The van der Waals surface area contributed by atoms with E-state index in [0.717, 1.165) is 37.1 Å². The van der Waals surface area contributed by atoms with Crippen molar-refractivity contribution in [3.05, 3.63) is 48.3 Å². The van der Waals surface area contributed by atoms with Crippen molar-refractivity contribution in [2.45, 2.75) is 38.3 Å². The molecule has 0 bridgehead atoms. The van der Waals surface area contributed by atoms with E-state index in [-0.39, 0.29) is 11.9 Å². The first kappa shape index (κ1) is 17.6. The molecule has 142 valence electrons. The smallest absolute Gasteiger partial charge is 0.317 e. The quantitative estimate of drug-likeness (QED) is 0.900. The van der Waals surface area contributed by atoms with E-state index in [1.54, 1.807) is 10.9 Å². The average molecular weight is 367 g/mol. The number of piperidine rings is 1. The van der Waals surface area contributed by atoms with Crippen LogP contribution in [0.25, 0.3) is 5.69 Å². The Hall–Kier alpha value is -2.83. The maximum absolute atomic E-state index is 12.6. The second-order valence-corrected chi connectivity index (χ2v) is 7.15. The van der Waals surface area contributed by atoms with Crippen molar-refractivity contribution in [3.63, 3.8) is 0 Å². The predicted molar refractivity (Wildman–Crippen MR) is 101 cm³/mol. The van der Waals surface area contributed by atoms with Crippen LogP contribution in [-0.2, 0) is 11.3 Å². The molecule has 3 heterocycles. The number of hydrogen-bond donors (Lipinski definition) is 1. The first-order valence-electron chi connectivity index (χ1n) is 9.62. The molecule has 2 aromatic rings. The molecule has 0 spiro atoms. The van der Waals surface area contributed by atoms with Gasteiger partial charge in [0.1, 0.15) is 0 Å². The van der Waals surface area contributed by atoms with E-state index in [9.17, 15) is 9.59 Å². The molecule has 0 aliphatic carbocycles. The van der Waals surface area contributed by atoms with Gasteiger partial charge in [-0.15, -0.1) is 0 Å². The van der Waals surface area contributed by atoms with Crippen LogP contribution >= 0.6 is 0 Å². The number of nitrogens with zero attached hydrogens (tertiary/aromatic N) is 4. The van der Waals surface area contributed by atoms with Gasteiger partial charge in [-0.05, 0) is 37.0 Å². The van der Waals surface area contributed by atoms with Gasteiger partial charge in [-0.1, -0.05) is 18.2 Å². The SMILES string of the molecule is O=C(NCc1ccccc1-n1cccn1)N1CCC(N2CCCC2=O)CC1. The van der Waals surface area contributed by atoms with Gasteiger partial charge in [0, 0.05) is 51.0 Å². The number of likely N-dealkylation sites (tertiary alicyclic amines) is 2. The van der Waals surface area contributed by atoms with Gasteiger partial charge in [-0.25, -0.2) is 9.48 Å². The van der Waals surface area contributed by atoms with Crippen LogP contribution in [-0.4, -0.2) is 57.2 Å². The van der Waals surface area contributed by atoms with Crippen molar-refractivity contribution in [1.29, 1.82) is 0 Å². The van der Waals surface area contributed by atoms with Gasteiger partial charge < -0.3 is 15.1 Å². The third-order valence-electron chi connectivity index (χ3n) is 5.48. The van der Waals surface area contributed by atoms with Crippen LogP contribution in [0.1, 0.15) is 31.2 Å². The molecule has 7 heteroatoms. The topological polar surface area (TPSA) is 70.5 Å². The minimum absolute atomic E-state index is 0.0449. The van der Waals surface area contributed by atoms with E-state index in [2.05, 4.69) is 10.4 Å². The van der Waals surface area contributed by atoms with E-state index < -0.39 is 0 Å². The van der Waals surface area contributed by atoms with E-state index >= 15 is 0 Å². The van der Waals surface area contributed by atoms with E-state index in [0.29, 0.717) is 32.1 Å². The minimum Gasteiger partial charge on any atom is -0.340 e. The lowest BCUT2D eigenvalue weighted by Gasteiger charge is -2.36. The molecule has 27 heavy (non-hydrogen) atoms. The molecular weight excluding hydrogens is 342 g/mol. The standard InChI is InChI=1S/C20H25N5O2/c26-19-7-3-11-24(19)17-8-13-23(14-9-17)20(27)21-15-16-5-1-2-6-18(16)25-12-4-10-22-25/h1-2,4-6,10,12,17H,3,7-9,11,13-15H2,(H,21,27). The van der Waals surface area contributed by atoms with Crippen LogP contribution in [0.15, 0.2) is 42.7 Å². The van der Waals surface area contributed by atoms with Gasteiger partial charge in [0.2, 0.25) is 5.91 Å². The molecule has 0 unspecified atom stereocenters. The molecule has 1 aromatic carbocycles. The third kappa shape index (κ3) is 3.82. The highest BCUT2D eigenvalue weighted by Gasteiger charge is 2.31. The predicted octanol–water partition coefficient (Wildman–Crippen LogP) is 2.17. The summed E-state index contributed by atoms with van der Waals surface area (Å²) >= 11 is 0. The van der Waals surface area contributed by atoms with Crippen molar-refractivity contribution in [2.24, 2.45) is 0 Å². The first-order valence-corrected chi connectivity index (χ1v) is 9.62. The molecule has 4 rings (SSSR count). The Morgan fingerprint density at radius 3 is 2.67 bits per heavy atom. The lowest BCUT2D eigenvalue weighted by Crippen LogP contribution is -2.49. The van der Waals surface area contributed by atoms with Crippen molar-refractivity contribution in [3.8, 4) is 5.69 Å². The zero-order chi connectivity index (χ0) is 18.6. The second kappa shape index (κ2) is 7.82. The van der Waals surface area contributed by atoms with E-state index in [1.807, 2.05) is 46.3 Å². The lowest BCUT2D eigenvalue weighted by atomic mass is 10.0. The van der Waals surface area contributed by atoms with Crippen molar-refractivity contribution in [1.82, 2.24) is 24.9 Å². The molecule has 2 aliphatic heterocycles. The zero-order valence-electron chi connectivity index (χ0n) is 15.4. The highest BCUT2D eigenvalue weighted by atomic mass is 16.2. The number of nitrogens with one attached hydrogen (secondary N) is 1. The Balaban J connectivity index is 1.31. The van der Waals surface area contributed by atoms with Gasteiger partial charge in [0.15, 0.2) is 0 Å². The second-order valence-electron chi connectivity index (χ2n) is 7.15. The number of amides is 3. The van der Waals surface area contributed by atoms with Crippen LogP contribution < -0.4 is 5.32 Å². The number of benzene rings is 1. The van der Waals surface area contributed by atoms with Gasteiger partial charge in [0.05, 0.1) is 5.69 Å². The Morgan fingerprint density at radius 2 is 1.96 bits per heavy atom. The Bertz CT molecular complexity index is 796. The molecule has 1 N–H and O–H groups in total. The maximum Gasteiger partial charge on any atom is 0.317 e. The minimum atomic E-state index is -0.0449. The normalized spacial score (nSPS) is 18.1. The molecule has 7 nitrogen and oxygen atoms in total. The van der Waals surface area contributed by atoms with Crippen molar-refractivity contribution < 1.29 is 9.59 Å². The van der Waals surface area contributed by atoms with Gasteiger partial charge in [-0.3, -0.25) is 4.79 Å². The van der Waals surface area contributed by atoms with Crippen molar-refractivity contribution >= 4 is 11.9 Å². The summed E-state index contributed by atoms with van der Waals surface area (Å²) in [6, 6.07) is 10.1. The summed E-state index contributed by atoms with van der Waals surface area (Å²) in [7, 11) is 0. The number of carbonyl (C=O) groups is 2. The Kier molecular flexibility index (Phi) is 5.09. The summed E-state index contributed by atoms with van der Waals surface area (Å²) in [6.45, 7) is 2.72. The summed E-state index contributed by atoms with van der Waals surface area (Å²) < 4.78 is 1.81. The fraction of sp³-hybridized carbons (Fsp3) is 0.450. The molecule has 0 atom stereocenters. The fourth-order valence-electron chi connectivity index (χ4n) is 4.01. The number of carbonyl (C=O) groups excluding carboxylic acids is 2. The average Bonchev–Trinajstić information content (AvgIpc) is 3.38. The third-order valence-corrected chi connectivity index (χ3v) is 5.48. The summed E-state index contributed by atoms with van der Waals surface area (Å²) in [4.78, 5) is 28.3. The summed E-state index contributed by atoms with van der Waals surface area (Å²) in [6.07, 6.45) is 7.01. The zero-order valence-corrected chi connectivity index (χ0v) is 15.4. The summed E-state index contributed by atoms with van der Waals surface area (Å²) in [5.41, 5.74) is 1.99. The monoisotopic (exact) mass is 367 g/mol. The van der Waals surface area contributed by atoms with E-state index in [4.69, 9.17) is 0 Å². The summed E-state index contributed by atoms with van der Waals surface area (Å²) in [5, 5.41) is 7.31. The van der Waals surface area contributed by atoms with Gasteiger partial charge >= 0.3 is 6.03 Å². The maximum atomic E-state index is 12.6. The molecular formula is C20H25N5O2. The Morgan fingerprint density at radius 1 is 1.15 bits per heavy atom. The number of aromatic nitrogens is 2. The lowest BCUT2D eigenvalue weighted by molar-refractivity contribution is -0.130. The Labute approximate surface area is 158 Å². The van der Waals surface area contributed by atoms with Crippen LogP contribution in [0, 0.1) is 0 Å². The molecule has 2 saturated heterocycles. The van der Waals surface area contributed by atoms with Crippen LogP contribution in [0.2, 0.25) is 0 Å². The molecule has 3 amide bonds. The van der Waals surface area contributed by atoms with Gasteiger partial charge in [0.25, 0.3) is 0 Å². The molecule has 2 aliphatic rings. The van der Waals surface area contributed by atoms with E-state index in [1.165, 1.54) is 0 Å². The first-order chi connectivity index (χ1) is 13.2. The van der Waals surface area contributed by atoms with Crippen LogP contribution in [0.5, 0.6) is 0 Å². The number of para-hydroxylation sites is 1. The van der Waals surface area contributed by atoms with Crippen LogP contribution in [0.4, 0.5) is 4.79 Å². The number of rotatable bonds is 4. The number of urea groups is 1. The highest BCUT2D eigenvalue weighted by Crippen LogP contribution is 2.22. The molecule has 0 saturated carbocycles. The van der Waals surface area contributed by atoms with Crippen LogP contribution in [0.3, 0.4) is 0 Å².